The van der Waals surface area contributed by atoms with Crippen molar-refractivity contribution in [2.75, 3.05) is 10.6 Å². The van der Waals surface area contributed by atoms with Crippen LogP contribution in [-0.4, -0.2) is 11.8 Å². The van der Waals surface area contributed by atoms with Crippen LogP contribution in [0.2, 0.25) is 0 Å². The second kappa shape index (κ2) is 8.39. The maximum Gasteiger partial charge on any atom is 0.291 e. The molecule has 4 aromatic rings. The fraction of sp³-hybridized carbons (Fsp3) is 0.0833. The molecule has 2 aromatic heterocycles. The molecule has 2 aromatic carbocycles. The lowest BCUT2D eigenvalue weighted by atomic mass is 10.1. The van der Waals surface area contributed by atoms with Crippen LogP contribution in [0.5, 0.6) is 0 Å². The maximum absolute atomic E-state index is 12.5. The van der Waals surface area contributed by atoms with Crippen molar-refractivity contribution >= 4 is 34.5 Å². The number of aryl methyl sites for hydroxylation is 2. The van der Waals surface area contributed by atoms with E-state index in [1.165, 1.54) is 22.5 Å². The normalized spacial score (nSPS) is 10.6. The Morgan fingerprint density at radius 3 is 2.13 bits per heavy atom. The number of rotatable bonds is 5. The third-order valence-electron chi connectivity index (χ3n) is 4.77. The Morgan fingerprint density at radius 2 is 1.50 bits per heavy atom. The quantitative estimate of drug-likeness (QED) is 0.411. The molecule has 0 spiro atoms. The SMILES string of the molecule is Cc1ccc(-c2ccc(C(=O)Nc3ccc(NC(=O)c4cccs4)cc3)o2)cc1C. The highest BCUT2D eigenvalue weighted by molar-refractivity contribution is 7.12. The Morgan fingerprint density at radius 1 is 0.800 bits per heavy atom. The van der Waals surface area contributed by atoms with E-state index >= 15 is 0 Å². The van der Waals surface area contributed by atoms with Gasteiger partial charge in [0.2, 0.25) is 0 Å². The first-order valence-corrected chi connectivity index (χ1v) is 10.3. The van der Waals surface area contributed by atoms with Crippen LogP contribution >= 0.6 is 11.3 Å². The third kappa shape index (κ3) is 4.34. The van der Waals surface area contributed by atoms with E-state index in [9.17, 15) is 9.59 Å². The summed E-state index contributed by atoms with van der Waals surface area (Å²) in [6.45, 7) is 4.10. The average molecular weight is 417 g/mol. The van der Waals surface area contributed by atoms with E-state index in [0.717, 1.165) is 5.56 Å². The third-order valence-corrected chi connectivity index (χ3v) is 5.64. The summed E-state index contributed by atoms with van der Waals surface area (Å²) in [6.07, 6.45) is 0. The fourth-order valence-corrected chi connectivity index (χ4v) is 3.56. The zero-order chi connectivity index (χ0) is 21.1. The van der Waals surface area contributed by atoms with Crippen LogP contribution in [0.25, 0.3) is 11.3 Å². The summed E-state index contributed by atoms with van der Waals surface area (Å²) in [5.74, 6) is 0.393. The predicted octanol–water partition coefficient (Wildman–Crippen LogP) is 6.13. The number of carbonyl (C=O) groups is 2. The van der Waals surface area contributed by atoms with Gasteiger partial charge in [-0.2, -0.15) is 0 Å². The van der Waals surface area contributed by atoms with Gasteiger partial charge in [0, 0.05) is 16.9 Å². The zero-order valence-corrected chi connectivity index (χ0v) is 17.4. The maximum atomic E-state index is 12.5. The highest BCUT2D eigenvalue weighted by Gasteiger charge is 2.13. The van der Waals surface area contributed by atoms with Gasteiger partial charge in [-0.05, 0) is 78.9 Å². The summed E-state index contributed by atoms with van der Waals surface area (Å²) in [6, 6.07) is 20.1. The van der Waals surface area contributed by atoms with Crippen molar-refractivity contribution in [3.63, 3.8) is 0 Å². The first kappa shape index (κ1) is 19.7. The second-order valence-electron chi connectivity index (χ2n) is 6.93. The highest BCUT2D eigenvalue weighted by Crippen LogP contribution is 2.25. The summed E-state index contributed by atoms with van der Waals surface area (Å²) in [5.41, 5.74) is 4.57. The van der Waals surface area contributed by atoms with Gasteiger partial charge in [-0.25, -0.2) is 0 Å². The molecule has 0 saturated carbocycles. The summed E-state index contributed by atoms with van der Waals surface area (Å²) in [5, 5.41) is 7.49. The summed E-state index contributed by atoms with van der Waals surface area (Å²) in [7, 11) is 0. The van der Waals surface area contributed by atoms with Gasteiger partial charge in [0.25, 0.3) is 11.8 Å². The van der Waals surface area contributed by atoms with Crippen molar-refractivity contribution in [3.05, 3.63) is 93.9 Å². The van der Waals surface area contributed by atoms with Gasteiger partial charge >= 0.3 is 0 Å². The van der Waals surface area contributed by atoms with Crippen molar-refractivity contribution in [3.8, 4) is 11.3 Å². The monoisotopic (exact) mass is 416 g/mol. The van der Waals surface area contributed by atoms with Crippen LogP contribution in [0.1, 0.15) is 31.4 Å². The first-order valence-electron chi connectivity index (χ1n) is 9.43. The molecule has 0 aliphatic rings. The molecule has 0 fully saturated rings. The Hall–Kier alpha value is -3.64. The van der Waals surface area contributed by atoms with Gasteiger partial charge in [0.05, 0.1) is 4.88 Å². The summed E-state index contributed by atoms with van der Waals surface area (Å²) < 4.78 is 5.75. The number of hydrogen-bond acceptors (Lipinski definition) is 4. The van der Waals surface area contributed by atoms with E-state index in [-0.39, 0.29) is 17.6 Å². The molecule has 0 saturated heterocycles. The van der Waals surface area contributed by atoms with E-state index in [1.807, 2.05) is 36.6 Å². The van der Waals surface area contributed by atoms with E-state index in [1.54, 1.807) is 42.5 Å². The first-order chi connectivity index (χ1) is 14.5. The molecule has 0 aliphatic heterocycles. The topological polar surface area (TPSA) is 71.3 Å². The van der Waals surface area contributed by atoms with Gasteiger partial charge in [-0.15, -0.1) is 11.3 Å². The van der Waals surface area contributed by atoms with Gasteiger partial charge in [-0.1, -0.05) is 18.2 Å². The smallest absolute Gasteiger partial charge is 0.291 e. The molecule has 6 heteroatoms. The van der Waals surface area contributed by atoms with Crippen LogP contribution in [0.15, 0.2) is 76.5 Å². The van der Waals surface area contributed by atoms with Crippen molar-refractivity contribution in [2.24, 2.45) is 0 Å². The number of thiophene rings is 1. The van der Waals surface area contributed by atoms with Gasteiger partial charge < -0.3 is 15.1 Å². The standard InChI is InChI=1S/C24H20N2O3S/c1-15-5-6-17(14-16(15)2)20-11-12-21(29-20)23(27)25-18-7-9-19(10-8-18)26-24(28)22-4-3-13-30-22/h3-14H,1-2H3,(H,25,27)(H,26,28). The summed E-state index contributed by atoms with van der Waals surface area (Å²) in [4.78, 5) is 25.3. The highest BCUT2D eigenvalue weighted by atomic mass is 32.1. The van der Waals surface area contributed by atoms with Gasteiger partial charge in [0.15, 0.2) is 5.76 Å². The van der Waals surface area contributed by atoms with E-state index < -0.39 is 0 Å². The molecule has 0 atom stereocenters. The van der Waals surface area contributed by atoms with E-state index in [2.05, 4.69) is 17.6 Å². The zero-order valence-electron chi connectivity index (χ0n) is 16.6. The molecule has 0 bridgehead atoms. The minimum absolute atomic E-state index is 0.156. The molecule has 2 heterocycles. The van der Waals surface area contributed by atoms with Crippen molar-refractivity contribution < 1.29 is 14.0 Å². The van der Waals surface area contributed by atoms with Crippen molar-refractivity contribution in [2.45, 2.75) is 13.8 Å². The lowest BCUT2D eigenvalue weighted by Gasteiger charge is -2.07. The van der Waals surface area contributed by atoms with E-state index in [4.69, 9.17) is 4.42 Å². The Balaban J connectivity index is 1.41. The molecule has 0 unspecified atom stereocenters. The Bertz CT molecular complexity index is 1190. The van der Waals surface area contributed by atoms with Gasteiger partial charge in [0.1, 0.15) is 5.76 Å². The summed E-state index contributed by atoms with van der Waals surface area (Å²) >= 11 is 1.38. The molecule has 2 amide bonds. The minimum Gasteiger partial charge on any atom is -0.451 e. The van der Waals surface area contributed by atoms with Crippen LogP contribution in [0.3, 0.4) is 0 Å². The molecule has 30 heavy (non-hydrogen) atoms. The molecule has 2 N–H and O–H groups in total. The molecule has 4 rings (SSSR count). The molecular formula is C24H20N2O3S. The molecule has 0 radical (unpaired) electrons. The molecule has 150 valence electrons. The largest absolute Gasteiger partial charge is 0.451 e. The molecule has 0 aliphatic carbocycles. The average Bonchev–Trinajstić information content (AvgIpc) is 3.44. The number of anilines is 2. The van der Waals surface area contributed by atoms with Gasteiger partial charge in [-0.3, -0.25) is 9.59 Å². The van der Waals surface area contributed by atoms with Crippen molar-refractivity contribution in [1.82, 2.24) is 0 Å². The number of hydrogen-bond donors (Lipinski definition) is 2. The lowest BCUT2D eigenvalue weighted by molar-refractivity contribution is 0.0995. The van der Waals surface area contributed by atoms with Crippen LogP contribution in [0.4, 0.5) is 11.4 Å². The van der Waals surface area contributed by atoms with Crippen molar-refractivity contribution in [1.29, 1.82) is 0 Å². The van der Waals surface area contributed by atoms with Crippen LogP contribution in [0, 0.1) is 13.8 Å². The number of furan rings is 1. The fourth-order valence-electron chi connectivity index (χ4n) is 2.94. The van der Waals surface area contributed by atoms with E-state index in [0.29, 0.717) is 22.0 Å². The predicted molar refractivity (Wildman–Crippen MR) is 120 cm³/mol. The lowest BCUT2D eigenvalue weighted by Crippen LogP contribution is -2.12. The Kier molecular flexibility index (Phi) is 5.50. The number of carbonyl (C=O) groups excluding carboxylic acids is 2. The van der Waals surface area contributed by atoms with Crippen LogP contribution < -0.4 is 10.6 Å². The molecular weight excluding hydrogens is 396 g/mol. The minimum atomic E-state index is -0.333. The molecule has 5 nitrogen and oxygen atoms in total. The number of benzene rings is 2. The number of nitrogens with one attached hydrogen (secondary N) is 2. The number of amides is 2. The van der Waals surface area contributed by atoms with Crippen LogP contribution in [-0.2, 0) is 0 Å². The second-order valence-corrected chi connectivity index (χ2v) is 7.87. The Labute approximate surface area is 178 Å².